The van der Waals surface area contributed by atoms with Crippen LogP contribution in [-0.2, 0) is 7.05 Å². The van der Waals surface area contributed by atoms with Crippen LogP contribution in [0.2, 0.25) is 0 Å². The second kappa shape index (κ2) is 5.14. The summed E-state index contributed by atoms with van der Waals surface area (Å²) in [5.41, 5.74) is 1.80. The predicted octanol–water partition coefficient (Wildman–Crippen LogP) is 1.62. The maximum Gasteiger partial charge on any atom is 0.341 e. The summed E-state index contributed by atoms with van der Waals surface area (Å²) < 4.78 is 12.5. The largest absolute Gasteiger partial charge is 0.494 e. The number of carboxylic acids is 1. The van der Waals surface area contributed by atoms with Crippen molar-refractivity contribution in [3.05, 3.63) is 17.8 Å². The molecule has 3 rings (SSSR count). The van der Waals surface area contributed by atoms with Crippen LogP contribution in [0.3, 0.4) is 0 Å². The average Bonchev–Trinajstić information content (AvgIpc) is 2.89. The summed E-state index contributed by atoms with van der Waals surface area (Å²) in [5, 5.41) is 17.9. The third kappa shape index (κ3) is 1.92. The smallest absolute Gasteiger partial charge is 0.341 e. The Morgan fingerprint density at radius 1 is 1.41 bits per heavy atom. The number of pyridine rings is 1. The number of rotatable bonds is 4. The monoisotopic (exact) mass is 302 g/mol. The number of aromatic carboxylic acids is 1. The molecule has 1 aromatic carbocycles. The second-order valence-corrected chi connectivity index (χ2v) is 4.62. The van der Waals surface area contributed by atoms with Gasteiger partial charge in [0.05, 0.1) is 13.7 Å². The fourth-order valence-corrected chi connectivity index (χ4v) is 2.43. The van der Waals surface area contributed by atoms with Crippen molar-refractivity contribution in [1.82, 2.24) is 20.0 Å². The Hall–Kier alpha value is -2.90. The number of nitrogens with zero attached hydrogens (tertiary/aromatic N) is 4. The highest BCUT2D eigenvalue weighted by Gasteiger charge is 2.21. The van der Waals surface area contributed by atoms with E-state index < -0.39 is 5.97 Å². The summed E-state index contributed by atoms with van der Waals surface area (Å²) in [6.07, 6.45) is 1.29. The molecule has 0 atom stereocenters. The number of benzene rings is 1. The number of aryl methyl sites for hydroxylation is 1. The molecule has 1 N–H and O–H groups in total. The summed E-state index contributed by atoms with van der Waals surface area (Å²) in [5.74, 6) is -0.345. The molecule has 0 bridgehead atoms. The van der Waals surface area contributed by atoms with Gasteiger partial charge in [0.1, 0.15) is 28.1 Å². The van der Waals surface area contributed by atoms with Crippen LogP contribution in [0.1, 0.15) is 17.3 Å². The van der Waals surface area contributed by atoms with Gasteiger partial charge in [-0.2, -0.15) is 0 Å². The normalized spacial score (nSPS) is 11.0. The molecular formula is C14H14N4O4. The molecule has 0 unspecified atom stereocenters. The van der Waals surface area contributed by atoms with Gasteiger partial charge in [-0.05, 0) is 13.0 Å². The lowest BCUT2D eigenvalue weighted by molar-refractivity contribution is 0.0692. The molecule has 0 fully saturated rings. The molecule has 0 saturated heterocycles. The van der Waals surface area contributed by atoms with E-state index in [0.717, 1.165) is 0 Å². The lowest BCUT2D eigenvalue weighted by Crippen LogP contribution is -2.05. The zero-order chi connectivity index (χ0) is 15.9. The topological polar surface area (TPSA) is 99.4 Å². The van der Waals surface area contributed by atoms with E-state index in [1.165, 1.54) is 13.3 Å². The molecule has 0 aliphatic carbocycles. The highest BCUT2D eigenvalue weighted by molar-refractivity contribution is 6.09. The molecule has 3 aromatic rings. The number of aromatic nitrogens is 4. The summed E-state index contributed by atoms with van der Waals surface area (Å²) in [6.45, 7) is 2.13. The van der Waals surface area contributed by atoms with Crippen molar-refractivity contribution >= 4 is 27.9 Å². The number of fused-ring (bicyclic) bond motifs is 3. The average molecular weight is 302 g/mol. The minimum atomic E-state index is -1.10. The minimum Gasteiger partial charge on any atom is -0.494 e. The van der Waals surface area contributed by atoms with Gasteiger partial charge in [0.2, 0.25) is 0 Å². The molecular weight excluding hydrogens is 288 g/mol. The Balaban J connectivity index is 2.50. The van der Waals surface area contributed by atoms with E-state index in [4.69, 9.17) is 9.47 Å². The summed E-state index contributed by atoms with van der Waals surface area (Å²) in [6, 6.07) is 1.68. The van der Waals surface area contributed by atoms with Crippen LogP contribution in [0.25, 0.3) is 21.9 Å². The number of ether oxygens (including phenoxy) is 2. The van der Waals surface area contributed by atoms with Crippen LogP contribution in [0.5, 0.6) is 11.5 Å². The Bertz CT molecular complexity index is 888. The van der Waals surface area contributed by atoms with E-state index in [0.29, 0.717) is 34.3 Å². The minimum absolute atomic E-state index is 0.00545. The van der Waals surface area contributed by atoms with Crippen molar-refractivity contribution in [1.29, 1.82) is 0 Å². The molecule has 8 heteroatoms. The molecule has 0 spiro atoms. The van der Waals surface area contributed by atoms with E-state index in [1.807, 2.05) is 0 Å². The van der Waals surface area contributed by atoms with Crippen molar-refractivity contribution < 1.29 is 19.4 Å². The maximum atomic E-state index is 11.4. The van der Waals surface area contributed by atoms with Crippen LogP contribution in [-0.4, -0.2) is 44.8 Å². The number of hydrogen-bond acceptors (Lipinski definition) is 6. The molecule has 2 heterocycles. The van der Waals surface area contributed by atoms with Crippen molar-refractivity contribution in [2.75, 3.05) is 13.7 Å². The maximum absolute atomic E-state index is 11.4. The molecule has 114 valence electrons. The van der Waals surface area contributed by atoms with Gasteiger partial charge in [0, 0.05) is 18.6 Å². The Morgan fingerprint density at radius 3 is 2.82 bits per heavy atom. The van der Waals surface area contributed by atoms with Crippen molar-refractivity contribution in [2.24, 2.45) is 7.05 Å². The van der Waals surface area contributed by atoms with Crippen molar-refractivity contribution in [3.63, 3.8) is 0 Å². The van der Waals surface area contributed by atoms with Gasteiger partial charge in [-0.25, -0.2) is 9.48 Å². The van der Waals surface area contributed by atoms with Gasteiger partial charge in [-0.3, -0.25) is 4.98 Å². The van der Waals surface area contributed by atoms with E-state index >= 15 is 0 Å². The van der Waals surface area contributed by atoms with E-state index in [-0.39, 0.29) is 11.3 Å². The first-order chi connectivity index (χ1) is 10.6. The first kappa shape index (κ1) is 14.1. The summed E-state index contributed by atoms with van der Waals surface area (Å²) in [7, 11) is 3.26. The Kier molecular flexibility index (Phi) is 3.28. The van der Waals surface area contributed by atoms with Gasteiger partial charge >= 0.3 is 5.97 Å². The molecule has 2 aromatic heterocycles. The second-order valence-electron chi connectivity index (χ2n) is 4.62. The van der Waals surface area contributed by atoms with Gasteiger partial charge in [-0.1, -0.05) is 5.21 Å². The zero-order valence-electron chi connectivity index (χ0n) is 12.3. The Morgan fingerprint density at radius 2 is 2.18 bits per heavy atom. The number of methoxy groups -OCH3 is 1. The summed E-state index contributed by atoms with van der Waals surface area (Å²) >= 11 is 0. The quantitative estimate of drug-likeness (QED) is 0.781. The molecule has 0 saturated carbocycles. The molecule has 0 aliphatic heterocycles. The van der Waals surface area contributed by atoms with Gasteiger partial charge in [0.25, 0.3) is 0 Å². The zero-order valence-corrected chi connectivity index (χ0v) is 12.3. The number of hydrogen-bond donors (Lipinski definition) is 1. The van der Waals surface area contributed by atoms with E-state index in [1.54, 1.807) is 24.7 Å². The highest BCUT2D eigenvalue weighted by Crippen LogP contribution is 2.37. The lowest BCUT2D eigenvalue weighted by atomic mass is 10.1. The van der Waals surface area contributed by atoms with Gasteiger partial charge < -0.3 is 14.6 Å². The number of carboxylic acid groups (broad SMARTS) is 1. The van der Waals surface area contributed by atoms with Crippen LogP contribution in [0, 0.1) is 0 Å². The molecule has 22 heavy (non-hydrogen) atoms. The van der Waals surface area contributed by atoms with Crippen LogP contribution in [0.4, 0.5) is 0 Å². The van der Waals surface area contributed by atoms with Gasteiger partial charge in [-0.15, -0.1) is 5.10 Å². The third-order valence-electron chi connectivity index (χ3n) is 3.37. The number of carbonyl (C=O) groups is 1. The molecule has 0 radical (unpaired) electrons. The van der Waals surface area contributed by atoms with Crippen LogP contribution >= 0.6 is 0 Å². The first-order valence-electron chi connectivity index (χ1n) is 6.63. The van der Waals surface area contributed by atoms with Crippen molar-refractivity contribution in [3.8, 4) is 11.5 Å². The first-order valence-corrected chi connectivity index (χ1v) is 6.63. The fraction of sp³-hybridized carbons (Fsp3) is 0.286. The Labute approximate surface area is 125 Å². The van der Waals surface area contributed by atoms with Gasteiger partial charge in [0.15, 0.2) is 5.52 Å². The van der Waals surface area contributed by atoms with E-state index in [2.05, 4.69) is 15.3 Å². The molecule has 0 amide bonds. The van der Waals surface area contributed by atoms with E-state index in [9.17, 15) is 9.90 Å². The van der Waals surface area contributed by atoms with Crippen LogP contribution in [0.15, 0.2) is 12.3 Å². The summed E-state index contributed by atoms with van der Waals surface area (Å²) in [4.78, 5) is 15.7. The SMILES string of the molecule is CCOc1c(C(=O)O)cnc2c1cc(OC)c1nnn(C)c12. The molecule has 8 nitrogen and oxygen atoms in total. The van der Waals surface area contributed by atoms with Crippen molar-refractivity contribution in [2.45, 2.75) is 6.92 Å². The molecule has 0 aliphatic rings. The highest BCUT2D eigenvalue weighted by atomic mass is 16.5. The standard InChI is InChI=1S/C14H14N4O4/c1-4-22-13-7-5-9(21-3)11-12(18(2)17-16-11)10(7)15-6-8(13)14(19)20/h5-6H,4H2,1-3H3,(H,19,20). The third-order valence-corrected chi connectivity index (χ3v) is 3.37. The predicted molar refractivity (Wildman–Crippen MR) is 78.5 cm³/mol. The lowest BCUT2D eigenvalue weighted by Gasteiger charge is -2.12. The fourth-order valence-electron chi connectivity index (χ4n) is 2.43. The van der Waals surface area contributed by atoms with Crippen LogP contribution < -0.4 is 9.47 Å².